The number of benzene rings is 2. The van der Waals surface area contributed by atoms with Crippen LogP contribution < -0.4 is 5.73 Å². The molecule has 21 heavy (non-hydrogen) atoms. The van der Waals surface area contributed by atoms with E-state index in [-0.39, 0.29) is 6.10 Å². The highest BCUT2D eigenvalue weighted by Gasteiger charge is 2.14. The van der Waals surface area contributed by atoms with Crippen molar-refractivity contribution in [3.63, 3.8) is 0 Å². The van der Waals surface area contributed by atoms with Crippen molar-refractivity contribution < 1.29 is 4.74 Å². The summed E-state index contributed by atoms with van der Waals surface area (Å²) in [5.74, 6) is 0.613. The average molecular weight is 283 g/mol. The van der Waals surface area contributed by atoms with Gasteiger partial charge in [-0.25, -0.2) is 0 Å². The van der Waals surface area contributed by atoms with Crippen LogP contribution in [-0.2, 0) is 4.74 Å². The molecular formula is C19H25NO. The maximum atomic E-state index is 6.19. The molecule has 0 amide bonds. The molecule has 2 heteroatoms. The summed E-state index contributed by atoms with van der Waals surface area (Å²) in [7, 11) is 0. The summed E-state index contributed by atoms with van der Waals surface area (Å²) >= 11 is 0. The van der Waals surface area contributed by atoms with Crippen molar-refractivity contribution >= 4 is 0 Å². The van der Waals surface area contributed by atoms with Crippen molar-refractivity contribution in [2.24, 2.45) is 11.7 Å². The summed E-state index contributed by atoms with van der Waals surface area (Å²) in [6, 6.07) is 20.8. The third kappa shape index (κ3) is 5.00. The lowest BCUT2D eigenvalue weighted by Crippen LogP contribution is -2.11. The second kappa shape index (κ2) is 8.60. The molecule has 0 aromatic heterocycles. The van der Waals surface area contributed by atoms with E-state index < -0.39 is 0 Å². The fourth-order valence-corrected chi connectivity index (χ4v) is 2.46. The third-order valence-corrected chi connectivity index (χ3v) is 3.76. The smallest absolute Gasteiger partial charge is 0.108 e. The lowest BCUT2D eigenvalue weighted by Gasteiger charge is -2.20. The summed E-state index contributed by atoms with van der Waals surface area (Å²) in [5.41, 5.74) is 8.01. The zero-order valence-electron chi connectivity index (χ0n) is 12.7. The second-order valence-electron chi connectivity index (χ2n) is 5.54. The molecule has 0 saturated carbocycles. The number of hydrogen-bond acceptors (Lipinski definition) is 2. The highest BCUT2D eigenvalue weighted by Crippen LogP contribution is 2.26. The Morgan fingerprint density at radius 3 is 1.86 bits per heavy atom. The maximum absolute atomic E-state index is 6.19. The fourth-order valence-electron chi connectivity index (χ4n) is 2.46. The standard InChI is InChI=1S/C19H25NO/c1-16(12-14-20)13-15-21-19(17-8-4-2-5-9-17)18-10-6-3-7-11-18/h2-11,16,19H,12-15,20H2,1H3. The molecule has 0 aliphatic carbocycles. The maximum Gasteiger partial charge on any atom is 0.108 e. The van der Waals surface area contributed by atoms with Crippen LogP contribution in [0.2, 0.25) is 0 Å². The molecular weight excluding hydrogens is 258 g/mol. The van der Waals surface area contributed by atoms with E-state index in [1.165, 1.54) is 11.1 Å². The molecule has 2 aromatic rings. The first kappa shape index (κ1) is 15.7. The molecule has 0 heterocycles. The minimum absolute atomic E-state index is 0.0116. The average Bonchev–Trinajstić information content (AvgIpc) is 2.53. The molecule has 0 radical (unpaired) electrons. The topological polar surface area (TPSA) is 35.2 Å². The van der Waals surface area contributed by atoms with Crippen LogP contribution in [0.25, 0.3) is 0 Å². The molecule has 0 fully saturated rings. The normalized spacial score (nSPS) is 12.5. The van der Waals surface area contributed by atoms with Crippen molar-refractivity contribution in [2.75, 3.05) is 13.2 Å². The van der Waals surface area contributed by atoms with E-state index in [1.807, 2.05) is 12.1 Å². The van der Waals surface area contributed by atoms with Gasteiger partial charge in [0.05, 0.1) is 0 Å². The zero-order valence-corrected chi connectivity index (χ0v) is 12.7. The van der Waals surface area contributed by atoms with Gasteiger partial charge >= 0.3 is 0 Å². The van der Waals surface area contributed by atoms with Gasteiger partial charge in [-0.05, 0) is 36.4 Å². The molecule has 2 N–H and O–H groups in total. The Bertz CT molecular complexity index is 458. The Kier molecular flexibility index (Phi) is 6.45. The van der Waals surface area contributed by atoms with E-state index in [0.717, 1.165) is 26.0 Å². The molecule has 112 valence electrons. The summed E-state index contributed by atoms with van der Waals surface area (Å²) in [6.07, 6.45) is 2.12. The molecule has 0 aliphatic heterocycles. The van der Waals surface area contributed by atoms with Crippen LogP contribution in [-0.4, -0.2) is 13.2 Å². The third-order valence-electron chi connectivity index (χ3n) is 3.76. The van der Waals surface area contributed by atoms with Crippen LogP contribution >= 0.6 is 0 Å². The molecule has 2 aromatic carbocycles. The summed E-state index contributed by atoms with van der Waals surface area (Å²) in [6.45, 7) is 3.74. The zero-order chi connectivity index (χ0) is 14.9. The lowest BCUT2D eigenvalue weighted by molar-refractivity contribution is 0.0703. The van der Waals surface area contributed by atoms with Crippen molar-refractivity contribution in [3.05, 3.63) is 71.8 Å². The van der Waals surface area contributed by atoms with Gasteiger partial charge in [-0.15, -0.1) is 0 Å². The molecule has 0 bridgehead atoms. The first-order valence-corrected chi connectivity index (χ1v) is 7.73. The molecule has 1 unspecified atom stereocenters. The Labute approximate surface area is 127 Å². The molecule has 0 spiro atoms. The summed E-state index contributed by atoms with van der Waals surface area (Å²) in [4.78, 5) is 0. The first-order valence-electron chi connectivity index (χ1n) is 7.73. The van der Waals surface area contributed by atoms with E-state index >= 15 is 0 Å². The van der Waals surface area contributed by atoms with Gasteiger partial charge < -0.3 is 10.5 Å². The Hall–Kier alpha value is -1.64. The summed E-state index contributed by atoms with van der Waals surface area (Å²) < 4.78 is 6.19. The van der Waals surface area contributed by atoms with Gasteiger partial charge in [0.15, 0.2) is 0 Å². The van der Waals surface area contributed by atoms with Crippen LogP contribution in [0.3, 0.4) is 0 Å². The molecule has 1 atom stereocenters. The number of rotatable bonds is 8. The second-order valence-corrected chi connectivity index (χ2v) is 5.54. The van der Waals surface area contributed by atoms with E-state index in [2.05, 4.69) is 55.5 Å². The van der Waals surface area contributed by atoms with Gasteiger partial charge in [-0.2, -0.15) is 0 Å². The number of ether oxygens (including phenoxy) is 1. The van der Waals surface area contributed by atoms with Gasteiger partial charge in [-0.1, -0.05) is 67.6 Å². The van der Waals surface area contributed by atoms with E-state index in [9.17, 15) is 0 Å². The van der Waals surface area contributed by atoms with Gasteiger partial charge in [0.1, 0.15) is 6.10 Å². The van der Waals surface area contributed by atoms with Crippen LogP contribution in [0.15, 0.2) is 60.7 Å². The van der Waals surface area contributed by atoms with Gasteiger partial charge in [0.2, 0.25) is 0 Å². The van der Waals surface area contributed by atoms with Crippen LogP contribution in [0.4, 0.5) is 0 Å². The van der Waals surface area contributed by atoms with Crippen molar-refractivity contribution in [3.8, 4) is 0 Å². The number of hydrogen-bond donors (Lipinski definition) is 1. The largest absolute Gasteiger partial charge is 0.369 e. The van der Waals surface area contributed by atoms with Crippen molar-refractivity contribution in [1.29, 1.82) is 0 Å². The van der Waals surface area contributed by atoms with Crippen molar-refractivity contribution in [2.45, 2.75) is 25.9 Å². The molecule has 0 saturated heterocycles. The Morgan fingerprint density at radius 1 is 0.857 bits per heavy atom. The highest BCUT2D eigenvalue weighted by molar-refractivity contribution is 5.29. The van der Waals surface area contributed by atoms with E-state index in [1.54, 1.807) is 0 Å². The minimum Gasteiger partial charge on any atom is -0.369 e. The molecule has 2 nitrogen and oxygen atoms in total. The van der Waals surface area contributed by atoms with E-state index in [0.29, 0.717) is 5.92 Å². The van der Waals surface area contributed by atoms with Gasteiger partial charge in [-0.3, -0.25) is 0 Å². The Balaban J connectivity index is 2.04. The fraction of sp³-hybridized carbons (Fsp3) is 0.368. The molecule has 0 aliphatic rings. The van der Waals surface area contributed by atoms with Crippen LogP contribution in [0.5, 0.6) is 0 Å². The Morgan fingerprint density at radius 2 is 1.38 bits per heavy atom. The predicted octanol–water partition coefficient (Wildman–Crippen LogP) is 4.17. The summed E-state index contributed by atoms with van der Waals surface area (Å²) in [5, 5.41) is 0. The predicted molar refractivity (Wildman–Crippen MR) is 88.1 cm³/mol. The van der Waals surface area contributed by atoms with Crippen LogP contribution in [0, 0.1) is 5.92 Å². The van der Waals surface area contributed by atoms with E-state index in [4.69, 9.17) is 10.5 Å². The van der Waals surface area contributed by atoms with Crippen molar-refractivity contribution in [1.82, 2.24) is 0 Å². The highest BCUT2D eigenvalue weighted by atomic mass is 16.5. The van der Waals surface area contributed by atoms with Gasteiger partial charge in [0, 0.05) is 6.61 Å². The minimum atomic E-state index is 0.0116. The monoisotopic (exact) mass is 283 g/mol. The SMILES string of the molecule is CC(CCN)CCOC(c1ccccc1)c1ccccc1. The quantitative estimate of drug-likeness (QED) is 0.789. The van der Waals surface area contributed by atoms with Gasteiger partial charge in [0.25, 0.3) is 0 Å². The van der Waals surface area contributed by atoms with Crippen LogP contribution in [0.1, 0.15) is 37.0 Å². The number of nitrogens with two attached hydrogens (primary N) is 1. The lowest BCUT2D eigenvalue weighted by atomic mass is 10.0. The first-order chi connectivity index (χ1) is 10.3. The molecule has 2 rings (SSSR count).